The molecule has 0 aromatic carbocycles. The molecule has 3 rings (SSSR count). The summed E-state index contributed by atoms with van der Waals surface area (Å²) in [5.41, 5.74) is -0.493. The van der Waals surface area contributed by atoms with Crippen molar-refractivity contribution in [2.45, 2.75) is 58.3 Å². The molecule has 3 aliphatic heterocycles. The van der Waals surface area contributed by atoms with Crippen LogP contribution in [0.25, 0.3) is 0 Å². The predicted octanol–water partition coefficient (Wildman–Crippen LogP) is 0.389. The SMILES string of the molecule is CNC(=O)C(C)(C)CCOC(C)CCNC(=O)CCN1C(=O)C2C3C=CC(O3)C2C1=O. The van der Waals surface area contributed by atoms with E-state index in [4.69, 9.17) is 9.47 Å². The fraction of sp³-hybridized carbons (Fsp3) is 0.727. The third kappa shape index (κ3) is 4.98. The van der Waals surface area contributed by atoms with Crippen molar-refractivity contribution in [1.82, 2.24) is 15.5 Å². The zero-order valence-electron chi connectivity index (χ0n) is 18.7. The first kappa shape index (κ1) is 23.4. The van der Waals surface area contributed by atoms with E-state index in [1.165, 1.54) is 4.90 Å². The molecule has 5 atom stereocenters. The Labute approximate surface area is 182 Å². The van der Waals surface area contributed by atoms with Gasteiger partial charge in [0.15, 0.2) is 0 Å². The predicted molar refractivity (Wildman–Crippen MR) is 112 cm³/mol. The van der Waals surface area contributed by atoms with E-state index in [1.807, 2.05) is 32.9 Å². The van der Waals surface area contributed by atoms with Crippen molar-refractivity contribution in [3.05, 3.63) is 12.2 Å². The molecule has 0 aliphatic carbocycles. The molecule has 2 saturated heterocycles. The van der Waals surface area contributed by atoms with Gasteiger partial charge in [-0.1, -0.05) is 26.0 Å². The number of hydrogen-bond donors (Lipinski definition) is 2. The molecule has 31 heavy (non-hydrogen) atoms. The molecule has 172 valence electrons. The summed E-state index contributed by atoms with van der Waals surface area (Å²) in [6.45, 7) is 6.65. The highest BCUT2D eigenvalue weighted by molar-refractivity contribution is 6.07. The van der Waals surface area contributed by atoms with Crippen LogP contribution in [0.3, 0.4) is 0 Å². The minimum absolute atomic E-state index is 0.0222. The Bertz CT molecular complexity index is 734. The monoisotopic (exact) mass is 435 g/mol. The third-order valence-corrected chi connectivity index (χ3v) is 6.41. The highest BCUT2D eigenvalue weighted by Crippen LogP contribution is 2.44. The van der Waals surface area contributed by atoms with Crippen LogP contribution in [0.15, 0.2) is 12.2 Å². The molecule has 5 unspecified atom stereocenters. The molecule has 0 spiro atoms. The van der Waals surface area contributed by atoms with Crippen molar-refractivity contribution in [1.29, 1.82) is 0 Å². The van der Waals surface area contributed by atoms with Crippen molar-refractivity contribution in [2.24, 2.45) is 17.3 Å². The Morgan fingerprint density at radius 3 is 2.39 bits per heavy atom. The molecule has 4 amide bonds. The van der Waals surface area contributed by atoms with E-state index in [2.05, 4.69) is 10.6 Å². The minimum Gasteiger partial charge on any atom is -0.378 e. The number of carbonyl (C=O) groups is 4. The fourth-order valence-electron chi connectivity index (χ4n) is 4.35. The number of nitrogens with zero attached hydrogens (tertiary/aromatic N) is 1. The molecule has 0 saturated carbocycles. The van der Waals surface area contributed by atoms with Gasteiger partial charge in [0.05, 0.1) is 30.1 Å². The van der Waals surface area contributed by atoms with Crippen LogP contribution < -0.4 is 10.6 Å². The average Bonchev–Trinajstić information content (AvgIpc) is 3.40. The summed E-state index contributed by atoms with van der Waals surface area (Å²) < 4.78 is 11.3. The molecule has 0 aromatic rings. The molecule has 2 fully saturated rings. The standard InChI is InChI=1S/C22H33N3O6/c1-13(30-12-9-22(2,3)21(29)23-4)7-10-24-16(26)8-11-25-19(27)17-14-5-6-15(31-14)18(17)20(25)28/h5-6,13-15,17-18H,7-12H2,1-4H3,(H,23,29)(H,24,26). The molecule has 0 aromatic heterocycles. The second-order valence-electron chi connectivity index (χ2n) is 9.11. The molecule has 3 aliphatic rings. The summed E-state index contributed by atoms with van der Waals surface area (Å²) in [4.78, 5) is 50.2. The van der Waals surface area contributed by atoms with Crippen LogP contribution >= 0.6 is 0 Å². The van der Waals surface area contributed by atoms with Crippen LogP contribution in [0.4, 0.5) is 0 Å². The van der Waals surface area contributed by atoms with E-state index >= 15 is 0 Å². The van der Waals surface area contributed by atoms with Crippen molar-refractivity contribution in [2.75, 3.05) is 26.7 Å². The Balaban J connectivity index is 1.31. The van der Waals surface area contributed by atoms with Gasteiger partial charge in [0, 0.05) is 38.6 Å². The summed E-state index contributed by atoms with van der Waals surface area (Å²) in [6, 6.07) is 0. The maximum atomic E-state index is 12.6. The van der Waals surface area contributed by atoms with Crippen LogP contribution in [0.2, 0.25) is 0 Å². The zero-order chi connectivity index (χ0) is 22.8. The lowest BCUT2D eigenvalue weighted by atomic mass is 9.85. The average molecular weight is 436 g/mol. The van der Waals surface area contributed by atoms with E-state index in [0.717, 1.165) is 0 Å². The summed E-state index contributed by atoms with van der Waals surface area (Å²) >= 11 is 0. The first-order valence-electron chi connectivity index (χ1n) is 10.9. The molecule has 2 bridgehead atoms. The summed E-state index contributed by atoms with van der Waals surface area (Å²) in [7, 11) is 1.62. The largest absolute Gasteiger partial charge is 0.378 e. The fourth-order valence-corrected chi connectivity index (χ4v) is 4.35. The van der Waals surface area contributed by atoms with Crippen molar-refractivity contribution in [3.8, 4) is 0 Å². The van der Waals surface area contributed by atoms with Crippen molar-refractivity contribution >= 4 is 23.6 Å². The third-order valence-electron chi connectivity index (χ3n) is 6.41. The topological polar surface area (TPSA) is 114 Å². The number of likely N-dealkylation sites (tertiary alicyclic amines) is 1. The lowest BCUT2D eigenvalue weighted by molar-refractivity contribution is -0.142. The van der Waals surface area contributed by atoms with E-state index in [1.54, 1.807) is 7.05 Å². The van der Waals surface area contributed by atoms with Crippen molar-refractivity contribution in [3.63, 3.8) is 0 Å². The zero-order valence-corrected chi connectivity index (χ0v) is 18.7. The quantitative estimate of drug-likeness (QED) is 0.358. The van der Waals surface area contributed by atoms with E-state index in [0.29, 0.717) is 26.0 Å². The second-order valence-corrected chi connectivity index (χ2v) is 9.11. The molecule has 3 heterocycles. The van der Waals surface area contributed by atoms with Crippen LogP contribution in [0.5, 0.6) is 0 Å². The highest BCUT2D eigenvalue weighted by Gasteiger charge is 2.60. The molecule has 0 radical (unpaired) electrons. The molecular formula is C22H33N3O6. The van der Waals surface area contributed by atoms with Crippen LogP contribution in [-0.4, -0.2) is 73.6 Å². The Morgan fingerprint density at radius 1 is 1.19 bits per heavy atom. The molecule has 2 N–H and O–H groups in total. The summed E-state index contributed by atoms with van der Waals surface area (Å²) in [5.74, 6) is -1.56. The number of imide groups is 1. The van der Waals surface area contributed by atoms with Gasteiger partial charge in [-0.15, -0.1) is 0 Å². The summed E-state index contributed by atoms with van der Waals surface area (Å²) in [5, 5.41) is 5.46. The van der Waals surface area contributed by atoms with Crippen LogP contribution in [-0.2, 0) is 28.7 Å². The summed E-state index contributed by atoms with van der Waals surface area (Å²) in [6.07, 6.45) is 4.31. The number of hydrogen-bond acceptors (Lipinski definition) is 6. The number of amides is 4. The second kappa shape index (κ2) is 9.48. The minimum atomic E-state index is -0.493. The van der Waals surface area contributed by atoms with Gasteiger partial charge >= 0.3 is 0 Å². The van der Waals surface area contributed by atoms with Crippen LogP contribution in [0, 0.1) is 17.3 Å². The van der Waals surface area contributed by atoms with Gasteiger partial charge in [0.1, 0.15) is 0 Å². The first-order valence-corrected chi connectivity index (χ1v) is 10.9. The van der Waals surface area contributed by atoms with Crippen LogP contribution in [0.1, 0.15) is 40.0 Å². The van der Waals surface area contributed by atoms with Crippen molar-refractivity contribution < 1.29 is 28.7 Å². The Kier molecular flexibility index (Phi) is 7.16. The molecule has 9 heteroatoms. The van der Waals surface area contributed by atoms with Gasteiger partial charge in [0.25, 0.3) is 0 Å². The van der Waals surface area contributed by atoms with Gasteiger partial charge in [-0.3, -0.25) is 24.1 Å². The van der Waals surface area contributed by atoms with Gasteiger partial charge in [0.2, 0.25) is 23.6 Å². The van der Waals surface area contributed by atoms with E-state index in [9.17, 15) is 19.2 Å². The van der Waals surface area contributed by atoms with Gasteiger partial charge in [-0.2, -0.15) is 0 Å². The number of rotatable bonds is 11. The molecule has 9 nitrogen and oxygen atoms in total. The lowest BCUT2D eigenvalue weighted by Gasteiger charge is -2.23. The van der Waals surface area contributed by atoms with Gasteiger partial charge in [-0.25, -0.2) is 0 Å². The first-order chi connectivity index (χ1) is 14.7. The molecular weight excluding hydrogens is 402 g/mol. The number of carbonyl (C=O) groups excluding carboxylic acids is 4. The Morgan fingerprint density at radius 2 is 1.81 bits per heavy atom. The van der Waals surface area contributed by atoms with Gasteiger partial charge in [-0.05, 0) is 19.8 Å². The smallest absolute Gasteiger partial charge is 0.236 e. The van der Waals surface area contributed by atoms with E-state index < -0.39 is 17.3 Å². The van der Waals surface area contributed by atoms with Gasteiger partial charge < -0.3 is 20.1 Å². The number of nitrogens with one attached hydrogen (secondary N) is 2. The maximum absolute atomic E-state index is 12.6. The lowest BCUT2D eigenvalue weighted by Crippen LogP contribution is -2.38. The normalized spacial score (nSPS) is 27.5. The number of fused-ring (bicyclic) bond motifs is 5. The maximum Gasteiger partial charge on any atom is 0.236 e. The highest BCUT2D eigenvalue weighted by atomic mass is 16.5. The van der Waals surface area contributed by atoms with E-state index in [-0.39, 0.29) is 54.9 Å². The number of ether oxygens (including phenoxy) is 2. The Hall–Kier alpha value is -2.26.